The van der Waals surface area contributed by atoms with Crippen molar-refractivity contribution in [3.63, 3.8) is 0 Å². The summed E-state index contributed by atoms with van der Waals surface area (Å²) in [6.45, 7) is -2.92. The molecule has 5 heteroatoms. The highest BCUT2D eigenvalue weighted by molar-refractivity contribution is 6.04. The highest BCUT2D eigenvalue weighted by Crippen LogP contribution is 2.35. The van der Waals surface area contributed by atoms with E-state index < -0.39 is 6.61 Å². The molecular formula is C21H20F2O3. The maximum absolute atomic E-state index is 12.9. The van der Waals surface area contributed by atoms with Crippen LogP contribution in [-0.4, -0.2) is 19.5 Å². The van der Waals surface area contributed by atoms with Crippen LogP contribution in [0.5, 0.6) is 11.5 Å². The standard InChI is InChI=1S/C21H20F2O3/c1-25-19-13-14(10-11-18(19)26-21(22)23)12-16-8-5-9-17(20(16)24)15-6-3-2-4-7-15/h2-4,6-7,10-13,17,21H,5,8-9H2,1H3/b16-12+/t17-/m0/s1. The summed E-state index contributed by atoms with van der Waals surface area (Å²) in [6.07, 6.45) is 4.29. The second-order valence-corrected chi connectivity index (χ2v) is 6.18. The molecule has 0 heterocycles. The van der Waals surface area contributed by atoms with Crippen LogP contribution in [0, 0.1) is 0 Å². The van der Waals surface area contributed by atoms with Gasteiger partial charge in [-0.15, -0.1) is 0 Å². The molecule has 26 heavy (non-hydrogen) atoms. The van der Waals surface area contributed by atoms with Crippen LogP contribution in [0.15, 0.2) is 54.1 Å². The summed E-state index contributed by atoms with van der Waals surface area (Å²) in [4.78, 5) is 12.9. The molecule has 1 fully saturated rings. The summed E-state index contributed by atoms with van der Waals surface area (Å²) in [6, 6.07) is 14.4. The minimum absolute atomic E-state index is 0.0261. The number of ether oxygens (including phenoxy) is 2. The van der Waals surface area contributed by atoms with Crippen LogP contribution in [0.3, 0.4) is 0 Å². The Morgan fingerprint density at radius 3 is 2.58 bits per heavy atom. The van der Waals surface area contributed by atoms with Crippen molar-refractivity contribution < 1.29 is 23.0 Å². The normalized spacial score (nSPS) is 19.0. The summed E-state index contributed by atoms with van der Waals surface area (Å²) in [7, 11) is 1.39. The minimum atomic E-state index is -2.92. The van der Waals surface area contributed by atoms with Crippen molar-refractivity contribution in [2.45, 2.75) is 31.8 Å². The average Bonchev–Trinajstić information content (AvgIpc) is 2.65. The number of hydrogen-bond acceptors (Lipinski definition) is 3. The monoisotopic (exact) mass is 358 g/mol. The first-order valence-electron chi connectivity index (χ1n) is 8.51. The average molecular weight is 358 g/mol. The van der Waals surface area contributed by atoms with E-state index in [1.54, 1.807) is 12.1 Å². The molecule has 1 saturated carbocycles. The Bertz CT molecular complexity index is 800. The van der Waals surface area contributed by atoms with Crippen molar-refractivity contribution >= 4 is 11.9 Å². The zero-order valence-corrected chi connectivity index (χ0v) is 14.5. The Labute approximate surface area is 151 Å². The van der Waals surface area contributed by atoms with Crippen molar-refractivity contribution in [1.82, 2.24) is 0 Å². The van der Waals surface area contributed by atoms with Gasteiger partial charge in [0.25, 0.3) is 0 Å². The van der Waals surface area contributed by atoms with Gasteiger partial charge in [0.2, 0.25) is 0 Å². The first-order chi connectivity index (χ1) is 12.6. The maximum atomic E-state index is 12.9. The number of benzene rings is 2. The largest absolute Gasteiger partial charge is 0.493 e. The van der Waals surface area contributed by atoms with E-state index in [2.05, 4.69) is 4.74 Å². The fourth-order valence-electron chi connectivity index (χ4n) is 3.29. The SMILES string of the molecule is COc1cc(/C=C2\CCC[C@@H](c3ccccc3)C2=O)ccc1OC(F)F. The van der Waals surface area contributed by atoms with Crippen LogP contribution < -0.4 is 9.47 Å². The lowest BCUT2D eigenvalue weighted by Gasteiger charge is -2.23. The Morgan fingerprint density at radius 1 is 1.12 bits per heavy atom. The third-order valence-corrected chi connectivity index (χ3v) is 4.52. The minimum Gasteiger partial charge on any atom is -0.493 e. The van der Waals surface area contributed by atoms with Crippen LogP contribution in [0.4, 0.5) is 8.78 Å². The molecule has 136 valence electrons. The number of methoxy groups -OCH3 is 1. The predicted molar refractivity (Wildman–Crippen MR) is 95.6 cm³/mol. The van der Waals surface area contributed by atoms with E-state index in [1.807, 2.05) is 36.4 Å². The molecule has 0 saturated heterocycles. The molecule has 2 aromatic carbocycles. The third kappa shape index (κ3) is 4.10. The van der Waals surface area contributed by atoms with Gasteiger partial charge in [0.1, 0.15) is 0 Å². The number of alkyl halides is 2. The smallest absolute Gasteiger partial charge is 0.387 e. The molecule has 0 radical (unpaired) electrons. The molecule has 1 atom stereocenters. The van der Waals surface area contributed by atoms with E-state index >= 15 is 0 Å². The summed E-state index contributed by atoms with van der Waals surface area (Å²) in [5.41, 5.74) is 2.50. The van der Waals surface area contributed by atoms with Gasteiger partial charge in [-0.1, -0.05) is 36.4 Å². The highest BCUT2D eigenvalue weighted by atomic mass is 19.3. The first kappa shape index (κ1) is 18.1. The second kappa shape index (κ2) is 8.13. The van der Waals surface area contributed by atoms with Crippen molar-refractivity contribution in [3.05, 3.63) is 65.2 Å². The molecule has 0 unspecified atom stereocenters. The summed E-state index contributed by atoms with van der Waals surface area (Å²) in [5.74, 6) is 0.179. The van der Waals surface area contributed by atoms with Crippen LogP contribution >= 0.6 is 0 Å². The van der Waals surface area contributed by atoms with E-state index in [1.165, 1.54) is 13.2 Å². The van der Waals surface area contributed by atoms with Gasteiger partial charge >= 0.3 is 6.61 Å². The summed E-state index contributed by atoms with van der Waals surface area (Å²) in [5, 5.41) is 0. The van der Waals surface area contributed by atoms with Crippen LogP contribution in [0.1, 0.15) is 36.3 Å². The number of rotatable bonds is 5. The van der Waals surface area contributed by atoms with Gasteiger partial charge in [-0.3, -0.25) is 4.79 Å². The molecule has 0 spiro atoms. The molecule has 1 aliphatic rings. The fraction of sp³-hybridized carbons (Fsp3) is 0.286. The lowest BCUT2D eigenvalue weighted by Crippen LogP contribution is -2.19. The topological polar surface area (TPSA) is 35.5 Å². The molecule has 0 amide bonds. The molecule has 0 bridgehead atoms. The molecule has 3 rings (SSSR count). The van der Waals surface area contributed by atoms with Crippen LogP contribution in [-0.2, 0) is 4.79 Å². The third-order valence-electron chi connectivity index (χ3n) is 4.52. The fourth-order valence-corrected chi connectivity index (χ4v) is 3.29. The Morgan fingerprint density at radius 2 is 1.88 bits per heavy atom. The van der Waals surface area contributed by atoms with Gasteiger partial charge < -0.3 is 9.47 Å². The first-order valence-corrected chi connectivity index (χ1v) is 8.51. The predicted octanol–water partition coefficient (Wildman–Crippen LogP) is 5.22. The molecule has 1 aliphatic carbocycles. The highest BCUT2D eigenvalue weighted by Gasteiger charge is 2.27. The van der Waals surface area contributed by atoms with E-state index in [9.17, 15) is 13.6 Å². The van der Waals surface area contributed by atoms with Crippen LogP contribution in [0.2, 0.25) is 0 Å². The van der Waals surface area contributed by atoms with Gasteiger partial charge in [0.05, 0.1) is 7.11 Å². The molecule has 0 aliphatic heterocycles. The number of Topliss-reactive ketones (excluding diaryl/α,β-unsaturated/α-hetero) is 1. The summed E-state index contributed by atoms with van der Waals surface area (Å²) < 4.78 is 34.4. The second-order valence-electron chi connectivity index (χ2n) is 6.18. The Kier molecular flexibility index (Phi) is 5.66. The lowest BCUT2D eigenvalue weighted by molar-refractivity contribution is -0.117. The molecule has 0 N–H and O–H groups in total. The number of allylic oxidation sites excluding steroid dienone is 1. The zero-order valence-electron chi connectivity index (χ0n) is 14.5. The van der Waals surface area contributed by atoms with Crippen molar-refractivity contribution in [2.75, 3.05) is 7.11 Å². The zero-order chi connectivity index (χ0) is 18.5. The quantitative estimate of drug-likeness (QED) is 0.688. The van der Waals surface area contributed by atoms with Gasteiger partial charge in [-0.25, -0.2) is 0 Å². The van der Waals surface area contributed by atoms with Crippen molar-refractivity contribution in [3.8, 4) is 11.5 Å². The molecule has 3 nitrogen and oxygen atoms in total. The van der Waals surface area contributed by atoms with Gasteiger partial charge in [-0.2, -0.15) is 8.78 Å². The van der Waals surface area contributed by atoms with Crippen LogP contribution in [0.25, 0.3) is 6.08 Å². The van der Waals surface area contributed by atoms with Crippen molar-refractivity contribution in [2.24, 2.45) is 0 Å². The number of ketones is 1. The number of carbonyl (C=O) groups is 1. The van der Waals surface area contributed by atoms with Gasteiger partial charge in [0, 0.05) is 5.92 Å². The maximum Gasteiger partial charge on any atom is 0.387 e. The molecule has 0 aromatic heterocycles. The number of hydrogen-bond donors (Lipinski definition) is 0. The van der Waals surface area contributed by atoms with E-state index in [4.69, 9.17) is 4.74 Å². The Balaban J connectivity index is 1.86. The van der Waals surface area contributed by atoms with Crippen molar-refractivity contribution in [1.29, 1.82) is 0 Å². The number of carbonyl (C=O) groups excluding carboxylic acids is 1. The lowest BCUT2D eigenvalue weighted by atomic mass is 9.79. The van der Waals surface area contributed by atoms with E-state index in [0.29, 0.717) is 6.42 Å². The van der Waals surface area contributed by atoms with Gasteiger partial charge in [0.15, 0.2) is 17.3 Å². The molecular weight excluding hydrogens is 338 g/mol. The summed E-state index contributed by atoms with van der Waals surface area (Å²) >= 11 is 0. The van der Waals surface area contributed by atoms with E-state index in [-0.39, 0.29) is 23.2 Å². The van der Waals surface area contributed by atoms with E-state index in [0.717, 1.165) is 29.5 Å². The Hall–Kier alpha value is -2.69. The number of halogens is 2. The molecule has 2 aromatic rings. The van der Waals surface area contributed by atoms with Gasteiger partial charge in [-0.05, 0) is 54.2 Å².